The maximum Gasteiger partial charge on any atom is 0.304 e. The average molecular weight is 572 g/mol. The maximum absolute atomic E-state index is 14.6. The number of para-hydroxylation sites is 1. The van der Waals surface area contributed by atoms with Crippen LogP contribution in [0.25, 0.3) is 0 Å². The third-order valence-electron chi connectivity index (χ3n) is 5.38. The highest BCUT2D eigenvalue weighted by atomic mass is 79.9. The molecule has 0 spiro atoms. The Morgan fingerprint density at radius 1 is 1.11 bits per heavy atom. The minimum atomic E-state index is -4.22. The summed E-state index contributed by atoms with van der Waals surface area (Å²) in [5.41, 5.74) is 0.492. The minimum Gasteiger partial charge on any atom is -0.354 e. The summed E-state index contributed by atoms with van der Waals surface area (Å²) in [6.07, 6.45) is 1.69. The van der Waals surface area contributed by atoms with Gasteiger partial charge in [0.05, 0.1) is 5.69 Å². The first-order chi connectivity index (χ1) is 16.5. The summed E-state index contributed by atoms with van der Waals surface area (Å²) < 4.78 is 43.1. The molecule has 192 valence electrons. The van der Waals surface area contributed by atoms with Crippen molar-refractivity contribution in [1.29, 1.82) is 0 Å². The molecule has 0 radical (unpaired) electrons. The van der Waals surface area contributed by atoms with Gasteiger partial charge in [-0.25, -0.2) is 8.70 Å². The molecule has 2 aromatic carbocycles. The quantitative estimate of drug-likeness (QED) is 0.395. The van der Waals surface area contributed by atoms with Gasteiger partial charge < -0.3 is 10.2 Å². The zero-order chi connectivity index (χ0) is 26.2. The van der Waals surface area contributed by atoms with E-state index in [-0.39, 0.29) is 18.1 Å². The SMILES string of the molecule is CCCCNC(=O)[C@H](C)N(Cc1cccc(Br)c1)C(=O)CN(c1ccccc1F)S(=O)(=O)N(C)C. The maximum atomic E-state index is 14.6. The van der Waals surface area contributed by atoms with Crippen LogP contribution in [-0.2, 0) is 26.3 Å². The topological polar surface area (TPSA) is 90.0 Å². The molecule has 8 nitrogen and oxygen atoms in total. The lowest BCUT2D eigenvalue weighted by molar-refractivity contribution is -0.139. The van der Waals surface area contributed by atoms with E-state index in [9.17, 15) is 22.4 Å². The Kier molecular flexibility index (Phi) is 10.7. The number of nitrogens with zero attached hydrogens (tertiary/aromatic N) is 3. The molecule has 0 bridgehead atoms. The summed E-state index contributed by atoms with van der Waals surface area (Å²) >= 11 is 3.40. The van der Waals surface area contributed by atoms with Gasteiger partial charge in [0.25, 0.3) is 0 Å². The van der Waals surface area contributed by atoms with E-state index in [2.05, 4.69) is 21.2 Å². The predicted molar refractivity (Wildman–Crippen MR) is 138 cm³/mol. The number of unbranched alkanes of at least 4 members (excludes halogenated alkanes) is 1. The number of nitrogens with one attached hydrogen (secondary N) is 1. The number of amides is 2. The first-order valence-corrected chi connectivity index (χ1v) is 13.4. The van der Waals surface area contributed by atoms with Crippen molar-refractivity contribution in [3.05, 3.63) is 64.4 Å². The summed E-state index contributed by atoms with van der Waals surface area (Å²) in [6.45, 7) is 3.44. The smallest absolute Gasteiger partial charge is 0.304 e. The van der Waals surface area contributed by atoms with Crippen LogP contribution in [0.1, 0.15) is 32.3 Å². The second-order valence-electron chi connectivity index (χ2n) is 8.22. The van der Waals surface area contributed by atoms with Crippen LogP contribution in [0, 0.1) is 5.82 Å². The monoisotopic (exact) mass is 570 g/mol. The molecule has 0 aromatic heterocycles. The molecular formula is C24H32BrFN4O4S. The lowest BCUT2D eigenvalue weighted by atomic mass is 10.1. The molecule has 2 rings (SSSR count). The molecule has 0 aliphatic carbocycles. The summed E-state index contributed by atoms with van der Waals surface area (Å²) in [7, 11) is -1.61. The molecule has 11 heteroatoms. The van der Waals surface area contributed by atoms with Crippen LogP contribution < -0.4 is 9.62 Å². The summed E-state index contributed by atoms with van der Waals surface area (Å²) in [5.74, 6) is -1.78. The van der Waals surface area contributed by atoms with Crippen LogP contribution in [0.4, 0.5) is 10.1 Å². The van der Waals surface area contributed by atoms with E-state index in [0.29, 0.717) is 6.54 Å². The molecule has 0 heterocycles. The fraction of sp³-hybridized carbons (Fsp3) is 0.417. The lowest BCUT2D eigenvalue weighted by Gasteiger charge is -2.33. The van der Waals surface area contributed by atoms with Gasteiger partial charge in [-0.05, 0) is 43.2 Å². The predicted octanol–water partition coefficient (Wildman–Crippen LogP) is 3.53. The first-order valence-electron chi connectivity index (χ1n) is 11.2. The second-order valence-corrected chi connectivity index (χ2v) is 11.2. The average Bonchev–Trinajstić information content (AvgIpc) is 2.81. The van der Waals surface area contributed by atoms with Crippen LogP contribution in [-0.4, -0.2) is 62.7 Å². The normalized spacial score (nSPS) is 12.3. The number of rotatable bonds is 12. The van der Waals surface area contributed by atoms with Gasteiger partial charge in [0.1, 0.15) is 18.4 Å². The van der Waals surface area contributed by atoms with Gasteiger partial charge in [0.15, 0.2) is 0 Å². The van der Waals surface area contributed by atoms with Crippen LogP contribution in [0.2, 0.25) is 0 Å². The molecule has 0 fully saturated rings. The van der Waals surface area contributed by atoms with Crippen molar-refractivity contribution in [2.75, 3.05) is 31.5 Å². The molecular weight excluding hydrogens is 539 g/mol. The van der Waals surface area contributed by atoms with Crippen molar-refractivity contribution < 1.29 is 22.4 Å². The summed E-state index contributed by atoms with van der Waals surface area (Å²) in [4.78, 5) is 27.7. The second kappa shape index (κ2) is 13.0. The van der Waals surface area contributed by atoms with Gasteiger partial charge in [-0.15, -0.1) is 0 Å². The Morgan fingerprint density at radius 3 is 2.40 bits per heavy atom. The summed E-state index contributed by atoms with van der Waals surface area (Å²) in [6, 6.07) is 11.7. The van der Waals surface area contributed by atoms with Gasteiger partial charge in [0.2, 0.25) is 11.8 Å². The fourth-order valence-corrected chi connectivity index (χ4v) is 4.82. The number of halogens is 2. The highest BCUT2D eigenvalue weighted by Crippen LogP contribution is 2.24. The van der Waals surface area contributed by atoms with Crippen molar-refractivity contribution in [1.82, 2.24) is 14.5 Å². The summed E-state index contributed by atoms with van der Waals surface area (Å²) in [5, 5.41) is 2.82. The Balaban J connectivity index is 2.43. The lowest BCUT2D eigenvalue weighted by Crippen LogP contribution is -2.52. The Bertz CT molecular complexity index is 1130. The Morgan fingerprint density at radius 2 is 1.80 bits per heavy atom. The van der Waals surface area contributed by atoms with Crippen molar-refractivity contribution >= 4 is 43.6 Å². The van der Waals surface area contributed by atoms with E-state index in [1.54, 1.807) is 19.1 Å². The number of anilines is 1. The Hall–Kier alpha value is -2.50. The standard InChI is InChI=1S/C24H32BrFN4O4S/c1-5-6-14-27-24(32)18(2)29(16-19-10-9-11-20(25)15-19)23(31)17-30(35(33,34)28(3)4)22-13-8-7-12-21(22)26/h7-13,15,18H,5-6,14,16-17H2,1-4H3,(H,27,32)/t18-/m0/s1. The molecule has 0 saturated heterocycles. The highest BCUT2D eigenvalue weighted by molar-refractivity contribution is 9.10. The van der Waals surface area contributed by atoms with E-state index >= 15 is 0 Å². The number of carbonyl (C=O) groups excluding carboxylic acids is 2. The van der Waals surface area contributed by atoms with Crippen molar-refractivity contribution in [2.45, 2.75) is 39.3 Å². The van der Waals surface area contributed by atoms with Crippen LogP contribution in [0.3, 0.4) is 0 Å². The molecule has 2 amide bonds. The molecule has 0 aliphatic rings. The van der Waals surface area contributed by atoms with Gasteiger partial charge in [-0.1, -0.05) is 53.5 Å². The zero-order valence-electron chi connectivity index (χ0n) is 20.4. The molecule has 1 N–H and O–H groups in total. The molecule has 35 heavy (non-hydrogen) atoms. The van der Waals surface area contributed by atoms with Gasteiger partial charge in [0, 0.05) is 31.7 Å². The number of hydrogen-bond acceptors (Lipinski definition) is 4. The van der Waals surface area contributed by atoms with Crippen LogP contribution >= 0.6 is 15.9 Å². The molecule has 0 unspecified atom stereocenters. The van der Waals surface area contributed by atoms with Crippen LogP contribution in [0.15, 0.2) is 53.0 Å². The largest absolute Gasteiger partial charge is 0.354 e. The first kappa shape index (κ1) is 28.7. The fourth-order valence-electron chi connectivity index (χ4n) is 3.31. The third kappa shape index (κ3) is 7.74. The number of carbonyl (C=O) groups is 2. The number of hydrogen-bond donors (Lipinski definition) is 1. The van der Waals surface area contributed by atoms with Crippen molar-refractivity contribution in [3.8, 4) is 0 Å². The van der Waals surface area contributed by atoms with Gasteiger partial charge in [-0.2, -0.15) is 12.7 Å². The van der Waals surface area contributed by atoms with Crippen molar-refractivity contribution in [3.63, 3.8) is 0 Å². The third-order valence-corrected chi connectivity index (χ3v) is 7.68. The highest BCUT2D eigenvalue weighted by Gasteiger charge is 2.33. The molecule has 2 aromatic rings. The molecule has 0 saturated carbocycles. The molecule has 0 aliphatic heterocycles. The molecule has 1 atom stereocenters. The van der Waals surface area contributed by atoms with E-state index in [4.69, 9.17) is 0 Å². The van der Waals surface area contributed by atoms with Crippen molar-refractivity contribution in [2.24, 2.45) is 0 Å². The van der Waals surface area contributed by atoms with E-state index in [1.807, 2.05) is 19.1 Å². The van der Waals surface area contributed by atoms with Gasteiger partial charge in [-0.3, -0.25) is 9.59 Å². The van der Waals surface area contributed by atoms with E-state index in [0.717, 1.165) is 37.6 Å². The zero-order valence-corrected chi connectivity index (χ0v) is 22.8. The van der Waals surface area contributed by atoms with Gasteiger partial charge >= 0.3 is 10.2 Å². The van der Waals surface area contributed by atoms with E-state index in [1.165, 1.54) is 37.2 Å². The minimum absolute atomic E-state index is 0.0633. The van der Waals surface area contributed by atoms with E-state index < -0.39 is 34.5 Å². The Labute approximate surface area is 215 Å². The number of benzene rings is 2. The van der Waals surface area contributed by atoms with Crippen LogP contribution in [0.5, 0.6) is 0 Å².